The van der Waals surface area contributed by atoms with Crippen molar-refractivity contribution in [3.05, 3.63) is 0 Å². The Labute approximate surface area is 117 Å². The predicted octanol–water partition coefficient (Wildman–Crippen LogP) is -0.626. The van der Waals surface area contributed by atoms with Gasteiger partial charge >= 0.3 is 0 Å². The van der Waals surface area contributed by atoms with E-state index < -0.39 is 25.3 Å². The van der Waals surface area contributed by atoms with Crippen molar-refractivity contribution >= 4 is 8.32 Å². The van der Waals surface area contributed by atoms with E-state index in [0.717, 1.165) is 0 Å². The fourth-order valence-corrected chi connectivity index (χ4v) is 5.00. The smallest absolute Gasteiger partial charge is 0.224 e. The standard InChI is InChI=1S/C12H31N3O3Si/c1-11(2,13)18-19(6,12(3,4)14)9-15(5)7-10(17)8-16/h10,16-17H,7-9,13-14H2,1-6H3. The Hall–Kier alpha value is -0.0231. The van der Waals surface area contributed by atoms with Gasteiger partial charge in [0.05, 0.1) is 18.4 Å². The average Bonchev–Trinajstić information content (AvgIpc) is 2.11. The van der Waals surface area contributed by atoms with E-state index in [9.17, 15) is 5.11 Å². The molecule has 116 valence electrons. The number of nitrogens with two attached hydrogens (primary N) is 2. The van der Waals surface area contributed by atoms with Crippen LogP contribution in [0.2, 0.25) is 6.55 Å². The lowest BCUT2D eigenvalue weighted by Crippen LogP contribution is -2.69. The van der Waals surface area contributed by atoms with Crippen molar-refractivity contribution in [1.29, 1.82) is 0 Å². The molecular formula is C12H31N3O3Si. The van der Waals surface area contributed by atoms with Gasteiger partial charge in [0.1, 0.15) is 0 Å². The molecule has 6 N–H and O–H groups in total. The summed E-state index contributed by atoms with van der Waals surface area (Å²) >= 11 is 0. The number of hydrogen-bond donors (Lipinski definition) is 4. The van der Waals surface area contributed by atoms with E-state index in [0.29, 0.717) is 12.7 Å². The summed E-state index contributed by atoms with van der Waals surface area (Å²) in [4.78, 5) is 1.94. The summed E-state index contributed by atoms with van der Waals surface area (Å²) in [6.45, 7) is 9.69. The van der Waals surface area contributed by atoms with Crippen molar-refractivity contribution < 1.29 is 14.6 Å². The third-order valence-corrected chi connectivity index (χ3v) is 8.00. The molecule has 19 heavy (non-hydrogen) atoms. The highest BCUT2D eigenvalue weighted by molar-refractivity contribution is 6.75. The van der Waals surface area contributed by atoms with Crippen molar-refractivity contribution in [2.75, 3.05) is 26.4 Å². The van der Waals surface area contributed by atoms with Gasteiger partial charge in [-0.2, -0.15) is 0 Å². The van der Waals surface area contributed by atoms with Gasteiger partial charge in [-0.1, -0.05) is 0 Å². The monoisotopic (exact) mass is 293 g/mol. The van der Waals surface area contributed by atoms with Gasteiger partial charge in [-0.05, 0) is 41.3 Å². The molecule has 2 unspecified atom stereocenters. The number of aliphatic hydroxyl groups excluding tert-OH is 2. The molecule has 2 atom stereocenters. The summed E-state index contributed by atoms with van der Waals surface area (Å²) in [7, 11) is -0.465. The Bertz CT molecular complexity index is 278. The molecule has 0 aromatic heterocycles. The first kappa shape index (κ1) is 19.0. The lowest BCUT2D eigenvalue weighted by atomic mass is 10.4. The Balaban J connectivity index is 4.88. The quantitative estimate of drug-likeness (QED) is 0.351. The molecule has 0 heterocycles. The molecule has 0 bridgehead atoms. The maximum Gasteiger partial charge on any atom is 0.224 e. The number of hydrogen-bond acceptors (Lipinski definition) is 6. The van der Waals surface area contributed by atoms with Crippen molar-refractivity contribution in [2.45, 2.75) is 51.2 Å². The molecule has 0 saturated carbocycles. The minimum absolute atomic E-state index is 0.252. The summed E-state index contributed by atoms with van der Waals surface area (Å²) in [5.41, 5.74) is 11.5. The zero-order chi connectivity index (χ0) is 15.5. The van der Waals surface area contributed by atoms with Crippen LogP contribution in [0, 0.1) is 0 Å². The largest absolute Gasteiger partial charge is 0.397 e. The van der Waals surface area contributed by atoms with Crippen LogP contribution < -0.4 is 11.5 Å². The first-order chi connectivity index (χ1) is 8.31. The van der Waals surface area contributed by atoms with Crippen molar-refractivity contribution in [3.8, 4) is 0 Å². The predicted molar refractivity (Wildman–Crippen MR) is 79.8 cm³/mol. The fourth-order valence-electron chi connectivity index (χ4n) is 1.95. The van der Waals surface area contributed by atoms with E-state index in [2.05, 4.69) is 0 Å². The van der Waals surface area contributed by atoms with Crippen LogP contribution in [0.5, 0.6) is 0 Å². The molecule has 0 radical (unpaired) electrons. The van der Waals surface area contributed by atoms with Gasteiger partial charge < -0.3 is 31.0 Å². The average molecular weight is 293 g/mol. The minimum atomic E-state index is -2.34. The van der Waals surface area contributed by atoms with Crippen LogP contribution in [0.3, 0.4) is 0 Å². The molecule has 0 aliphatic carbocycles. The third kappa shape index (κ3) is 6.80. The lowest BCUT2D eigenvalue weighted by Gasteiger charge is -2.45. The second-order valence-electron chi connectivity index (χ2n) is 6.69. The minimum Gasteiger partial charge on any atom is -0.397 e. The summed E-state index contributed by atoms with van der Waals surface area (Å²) in [6.07, 6.45) is -0.121. The zero-order valence-electron chi connectivity index (χ0n) is 13.1. The molecule has 0 aliphatic rings. The van der Waals surface area contributed by atoms with Crippen molar-refractivity contribution in [2.24, 2.45) is 11.5 Å². The van der Waals surface area contributed by atoms with E-state index in [1.54, 1.807) is 0 Å². The SMILES string of the molecule is CN(CC(O)CO)C[Si](C)(OC(C)(C)N)C(C)(C)N. The Morgan fingerprint density at radius 1 is 1.26 bits per heavy atom. The maximum absolute atomic E-state index is 9.49. The van der Waals surface area contributed by atoms with Crippen LogP contribution in [0.1, 0.15) is 27.7 Å². The Kier molecular flexibility index (Phi) is 6.61. The van der Waals surface area contributed by atoms with Gasteiger partial charge in [0.15, 0.2) is 0 Å². The van der Waals surface area contributed by atoms with Crippen LogP contribution in [-0.2, 0) is 4.43 Å². The highest BCUT2D eigenvalue weighted by Crippen LogP contribution is 2.24. The summed E-state index contributed by atoms with van der Waals surface area (Å²) < 4.78 is 6.08. The van der Waals surface area contributed by atoms with E-state index in [4.69, 9.17) is 21.0 Å². The van der Waals surface area contributed by atoms with Crippen LogP contribution in [0.4, 0.5) is 0 Å². The van der Waals surface area contributed by atoms with Gasteiger partial charge in [0.25, 0.3) is 0 Å². The van der Waals surface area contributed by atoms with Gasteiger partial charge in [0.2, 0.25) is 8.32 Å². The molecule has 0 aromatic carbocycles. The highest BCUT2D eigenvalue weighted by atomic mass is 28.4. The second kappa shape index (κ2) is 6.62. The Morgan fingerprint density at radius 2 is 1.74 bits per heavy atom. The molecule has 6 nitrogen and oxygen atoms in total. The zero-order valence-corrected chi connectivity index (χ0v) is 14.1. The number of likely N-dealkylation sites (N-methyl/N-ethyl adjacent to an activating group) is 1. The molecular weight excluding hydrogens is 262 g/mol. The van der Waals surface area contributed by atoms with Crippen molar-refractivity contribution in [3.63, 3.8) is 0 Å². The molecule has 0 fully saturated rings. The van der Waals surface area contributed by atoms with E-state index in [-0.39, 0.29) is 6.61 Å². The van der Waals surface area contributed by atoms with Gasteiger partial charge in [-0.3, -0.25) is 0 Å². The Morgan fingerprint density at radius 3 is 2.05 bits per heavy atom. The van der Waals surface area contributed by atoms with Crippen LogP contribution in [0.15, 0.2) is 0 Å². The highest BCUT2D eigenvalue weighted by Gasteiger charge is 2.46. The topological polar surface area (TPSA) is 105 Å². The van der Waals surface area contributed by atoms with E-state index in [1.165, 1.54) is 0 Å². The van der Waals surface area contributed by atoms with Gasteiger partial charge in [-0.15, -0.1) is 0 Å². The molecule has 7 heteroatoms. The molecule has 0 spiro atoms. The third-order valence-electron chi connectivity index (χ3n) is 3.16. The molecule has 0 saturated heterocycles. The fraction of sp³-hybridized carbons (Fsp3) is 1.00. The van der Waals surface area contributed by atoms with Crippen LogP contribution in [0.25, 0.3) is 0 Å². The first-order valence-corrected chi connectivity index (χ1v) is 9.18. The molecule has 0 aromatic rings. The molecule has 0 aliphatic heterocycles. The molecule has 0 rings (SSSR count). The number of aliphatic hydroxyl groups is 2. The summed E-state index contributed by atoms with van der Waals surface area (Å²) in [6, 6.07) is 0. The summed E-state index contributed by atoms with van der Waals surface area (Å²) in [5.74, 6) is 0. The summed E-state index contributed by atoms with van der Waals surface area (Å²) in [5, 5.41) is 17.9. The second-order valence-corrected chi connectivity index (χ2v) is 11.0. The number of nitrogens with zero attached hydrogens (tertiary/aromatic N) is 1. The normalized spacial score (nSPS) is 18.5. The van der Waals surface area contributed by atoms with E-state index >= 15 is 0 Å². The van der Waals surface area contributed by atoms with E-state index in [1.807, 2.05) is 46.2 Å². The van der Waals surface area contributed by atoms with Gasteiger partial charge in [-0.25, -0.2) is 0 Å². The van der Waals surface area contributed by atoms with Crippen LogP contribution in [-0.4, -0.2) is 66.8 Å². The lowest BCUT2D eigenvalue weighted by molar-refractivity contribution is 0.0619. The molecule has 0 amide bonds. The van der Waals surface area contributed by atoms with Crippen molar-refractivity contribution in [1.82, 2.24) is 4.90 Å². The number of rotatable bonds is 8. The van der Waals surface area contributed by atoms with Crippen LogP contribution >= 0.6 is 0 Å². The van der Waals surface area contributed by atoms with Gasteiger partial charge in [0, 0.05) is 17.9 Å². The maximum atomic E-state index is 9.49. The first-order valence-electron chi connectivity index (χ1n) is 6.56.